The average molecular weight is 420 g/mol. The average Bonchev–Trinajstić information content (AvgIpc) is 3.27. The van der Waals surface area contributed by atoms with Crippen LogP contribution in [0.2, 0.25) is 0 Å². The number of nitrogens with zero attached hydrogens (tertiary/aromatic N) is 4. The van der Waals surface area contributed by atoms with Gasteiger partial charge < -0.3 is 14.7 Å². The maximum Gasteiger partial charge on any atom is 0.241 e. The van der Waals surface area contributed by atoms with E-state index in [9.17, 15) is 4.79 Å². The van der Waals surface area contributed by atoms with E-state index in [1.165, 1.54) is 0 Å². The van der Waals surface area contributed by atoms with E-state index in [1.54, 1.807) is 0 Å². The van der Waals surface area contributed by atoms with Crippen molar-refractivity contribution < 1.29 is 9.32 Å². The van der Waals surface area contributed by atoms with Crippen LogP contribution in [0.5, 0.6) is 0 Å². The van der Waals surface area contributed by atoms with Crippen molar-refractivity contribution in [3.05, 3.63) is 66.1 Å². The highest BCUT2D eigenvalue weighted by Crippen LogP contribution is 2.21. The molecule has 2 aromatic carbocycles. The van der Waals surface area contributed by atoms with Gasteiger partial charge in [-0.2, -0.15) is 4.98 Å². The van der Waals surface area contributed by atoms with Crippen molar-refractivity contribution in [1.82, 2.24) is 20.4 Å². The lowest BCUT2D eigenvalue weighted by Crippen LogP contribution is -2.40. The molecule has 0 aliphatic carbocycles. The summed E-state index contributed by atoms with van der Waals surface area (Å²) in [5.41, 5.74) is 3.21. The van der Waals surface area contributed by atoms with Crippen molar-refractivity contribution in [2.75, 3.05) is 32.1 Å². The number of benzene rings is 2. The van der Waals surface area contributed by atoms with Gasteiger partial charge in [-0.3, -0.25) is 9.69 Å². The van der Waals surface area contributed by atoms with Gasteiger partial charge in [-0.15, -0.1) is 0 Å². The van der Waals surface area contributed by atoms with Crippen LogP contribution in [0.25, 0.3) is 11.4 Å². The maximum absolute atomic E-state index is 12.6. The molecule has 1 aliphatic rings. The minimum absolute atomic E-state index is 0.0554. The second-order valence-corrected chi connectivity index (χ2v) is 8.21. The van der Waals surface area contributed by atoms with Crippen LogP contribution in [-0.4, -0.2) is 48.1 Å². The molecule has 31 heavy (non-hydrogen) atoms. The number of carbonyl (C=O) groups excluding carboxylic acids is 1. The number of rotatable bonds is 7. The van der Waals surface area contributed by atoms with Crippen molar-refractivity contribution in [1.29, 1.82) is 0 Å². The SMILES string of the molecule is CN(C)c1ccc(CNC(=O)C2CCN(Cc3nc(-c4ccccc4)no3)CC2)cc1. The summed E-state index contributed by atoms with van der Waals surface area (Å²) in [6.45, 7) is 2.88. The van der Waals surface area contributed by atoms with Gasteiger partial charge >= 0.3 is 0 Å². The van der Waals surface area contributed by atoms with E-state index in [-0.39, 0.29) is 11.8 Å². The Kier molecular flexibility index (Phi) is 6.62. The Morgan fingerprint density at radius 1 is 1.10 bits per heavy atom. The molecule has 1 N–H and O–H groups in total. The number of hydrogen-bond donors (Lipinski definition) is 1. The van der Waals surface area contributed by atoms with E-state index in [2.05, 4.69) is 49.5 Å². The van der Waals surface area contributed by atoms with E-state index in [1.807, 2.05) is 44.4 Å². The van der Waals surface area contributed by atoms with Crippen LogP contribution in [-0.2, 0) is 17.9 Å². The Labute approximate surface area is 183 Å². The highest BCUT2D eigenvalue weighted by atomic mass is 16.5. The molecule has 0 spiro atoms. The lowest BCUT2D eigenvalue weighted by atomic mass is 9.96. The molecule has 0 unspecified atom stereocenters. The molecule has 2 heterocycles. The third-order valence-electron chi connectivity index (χ3n) is 5.74. The van der Waals surface area contributed by atoms with E-state index in [4.69, 9.17) is 4.52 Å². The molecule has 7 nitrogen and oxygen atoms in total. The van der Waals surface area contributed by atoms with Crippen LogP contribution in [0.15, 0.2) is 59.1 Å². The van der Waals surface area contributed by atoms with Crippen LogP contribution in [0.4, 0.5) is 5.69 Å². The lowest BCUT2D eigenvalue weighted by Gasteiger charge is -2.30. The maximum atomic E-state index is 12.6. The van der Waals surface area contributed by atoms with Gasteiger partial charge in [0.05, 0.1) is 6.54 Å². The molecule has 7 heteroatoms. The zero-order chi connectivity index (χ0) is 21.6. The number of piperidine rings is 1. The largest absolute Gasteiger partial charge is 0.378 e. The summed E-state index contributed by atoms with van der Waals surface area (Å²) in [5.74, 6) is 1.42. The van der Waals surface area contributed by atoms with Crippen LogP contribution >= 0.6 is 0 Å². The minimum Gasteiger partial charge on any atom is -0.378 e. The molecule has 4 rings (SSSR count). The molecule has 0 atom stereocenters. The molecule has 0 saturated carbocycles. The van der Waals surface area contributed by atoms with Crippen LogP contribution in [0.3, 0.4) is 0 Å². The van der Waals surface area contributed by atoms with Gasteiger partial charge in [-0.05, 0) is 43.6 Å². The molecular weight excluding hydrogens is 390 g/mol. The number of nitrogens with one attached hydrogen (secondary N) is 1. The van der Waals surface area contributed by atoms with Crippen molar-refractivity contribution in [3.63, 3.8) is 0 Å². The normalized spacial score (nSPS) is 15.0. The van der Waals surface area contributed by atoms with E-state index in [0.717, 1.165) is 42.7 Å². The van der Waals surface area contributed by atoms with E-state index >= 15 is 0 Å². The zero-order valence-corrected chi connectivity index (χ0v) is 18.1. The first-order chi connectivity index (χ1) is 15.1. The second kappa shape index (κ2) is 9.75. The molecular formula is C24H29N5O2. The molecule has 0 bridgehead atoms. The number of likely N-dealkylation sites (tertiary alicyclic amines) is 1. The van der Waals surface area contributed by atoms with Crippen LogP contribution < -0.4 is 10.2 Å². The standard InChI is InChI=1S/C24H29N5O2/c1-28(2)21-10-8-18(9-11-21)16-25-24(30)20-12-14-29(15-13-20)17-22-26-23(27-31-22)19-6-4-3-5-7-19/h3-11,20H,12-17H2,1-2H3,(H,25,30). The molecule has 0 radical (unpaired) electrons. The summed E-state index contributed by atoms with van der Waals surface area (Å²) in [5, 5.41) is 7.18. The smallest absolute Gasteiger partial charge is 0.241 e. The summed E-state index contributed by atoms with van der Waals surface area (Å²) in [4.78, 5) is 21.4. The van der Waals surface area contributed by atoms with Gasteiger partial charge in [-0.25, -0.2) is 0 Å². The van der Waals surface area contributed by atoms with Gasteiger partial charge in [0.15, 0.2) is 0 Å². The number of amides is 1. The molecule has 1 saturated heterocycles. The summed E-state index contributed by atoms with van der Waals surface area (Å²) >= 11 is 0. The fourth-order valence-corrected chi connectivity index (χ4v) is 3.81. The van der Waals surface area contributed by atoms with E-state index in [0.29, 0.717) is 24.8 Å². The molecule has 1 amide bonds. The fourth-order valence-electron chi connectivity index (χ4n) is 3.81. The monoisotopic (exact) mass is 419 g/mol. The Morgan fingerprint density at radius 3 is 2.48 bits per heavy atom. The summed E-state index contributed by atoms with van der Waals surface area (Å²) in [6, 6.07) is 18.1. The third kappa shape index (κ3) is 5.49. The number of aromatic nitrogens is 2. The van der Waals surface area contributed by atoms with Crippen molar-refractivity contribution >= 4 is 11.6 Å². The summed E-state index contributed by atoms with van der Waals surface area (Å²) < 4.78 is 5.42. The molecule has 162 valence electrons. The Bertz CT molecular complexity index is 977. The first-order valence-corrected chi connectivity index (χ1v) is 10.7. The molecule has 1 fully saturated rings. The molecule has 1 aliphatic heterocycles. The Balaban J connectivity index is 1.22. The Hall–Kier alpha value is -3.19. The Morgan fingerprint density at radius 2 is 1.81 bits per heavy atom. The minimum atomic E-state index is 0.0554. The van der Waals surface area contributed by atoms with Crippen molar-refractivity contribution in [3.8, 4) is 11.4 Å². The molecule has 1 aromatic heterocycles. The van der Waals surface area contributed by atoms with Gasteiger partial charge in [0.1, 0.15) is 0 Å². The predicted octanol–water partition coefficient (Wildman–Crippen LogP) is 3.33. The first-order valence-electron chi connectivity index (χ1n) is 10.7. The quantitative estimate of drug-likeness (QED) is 0.633. The number of anilines is 1. The van der Waals surface area contributed by atoms with Gasteiger partial charge in [0, 0.05) is 37.8 Å². The number of hydrogen-bond acceptors (Lipinski definition) is 6. The van der Waals surface area contributed by atoms with Crippen LogP contribution in [0.1, 0.15) is 24.3 Å². The highest BCUT2D eigenvalue weighted by molar-refractivity contribution is 5.78. The third-order valence-corrected chi connectivity index (χ3v) is 5.74. The molecule has 3 aromatic rings. The topological polar surface area (TPSA) is 74.5 Å². The fraction of sp³-hybridized carbons (Fsp3) is 0.375. The van der Waals surface area contributed by atoms with Gasteiger partial charge in [0.2, 0.25) is 17.6 Å². The predicted molar refractivity (Wildman–Crippen MR) is 120 cm³/mol. The zero-order valence-electron chi connectivity index (χ0n) is 18.1. The van der Waals surface area contributed by atoms with E-state index < -0.39 is 0 Å². The van der Waals surface area contributed by atoms with Crippen molar-refractivity contribution in [2.45, 2.75) is 25.9 Å². The lowest BCUT2D eigenvalue weighted by molar-refractivity contribution is -0.126. The highest BCUT2D eigenvalue weighted by Gasteiger charge is 2.25. The summed E-state index contributed by atoms with van der Waals surface area (Å²) in [7, 11) is 4.04. The van der Waals surface area contributed by atoms with Gasteiger partial charge in [0.25, 0.3) is 0 Å². The number of carbonyl (C=O) groups is 1. The van der Waals surface area contributed by atoms with Gasteiger partial charge in [-0.1, -0.05) is 47.6 Å². The summed E-state index contributed by atoms with van der Waals surface area (Å²) in [6.07, 6.45) is 1.68. The first kappa shape index (κ1) is 21.1. The van der Waals surface area contributed by atoms with Crippen molar-refractivity contribution in [2.24, 2.45) is 5.92 Å². The second-order valence-electron chi connectivity index (χ2n) is 8.21. The van der Waals surface area contributed by atoms with Crippen LogP contribution in [0, 0.1) is 5.92 Å².